The SMILES string of the molecule is COc1ccc(-c2cc(-c3nc(C)no3)ccn2)c(-n2cccn2)c1. The minimum absolute atomic E-state index is 0.468. The van der Waals surface area contributed by atoms with E-state index in [4.69, 9.17) is 9.26 Å². The zero-order valence-electron chi connectivity index (χ0n) is 13.7. The van der Waals surface area contributed by atoms with Gasteiger partial charge < -0.3 is 9.26 Å². The van der Waals surface area contributed by atoms with Crippen molar-refractivity contribution in [3.63, 3.8) is 0 Å². The largest absolute Gasteiger partial charge is 0.497 e. The highest BCUT2D eigenvalue weighted by molar-refractivity contribution is 5.74. The molecule has 0 saturated carbocycles. The van der Waals surface area contributed by atoms with Crippen molar-refractivity contribution in [2.24, 2.45) is 0 Å². The molecular weight excluding hydrogens is 318 g/mol. The van der Waals surface area contributed by atoms with Gasteiger partial charge in [0.1, 0.15) is 5.75 Å². The molecule has 0 amide bonds. The van der Waals surface area contributed by atoms with Crippen molar-refractivity contribution < 1.29 is 9.26 Å². The highest BCUT2D eigenvalue weighted by atomic mass is 16.5. The van der Waals surface area contributed by atoms with Gasteiger partial charge in [0.2, 0.25) is 0 Å². The van der Waals surface area contributed by atoms with Gasteiger partial charge in [-0.3, -0.25) is 4.98 Å². The third-order valence-corrected chi connectivity index (χ3v) is 3.77. The molecule has 0 radical (unpaired) electrons. The van der Waals surface area contributed by atoms with Gasteiger partial charge in [-0.05, 0) is 37.3 Å². The van der Waals surface area contributed by atoms with Crippen molar-refractivity contribution in [1.82, 2.24) is 24.9 Å². The molecule has 0 unspecified atom stereocenters. The number of methoxy groups -OCH3 is 1. The Morgan fingerprint density at radius 3 is 2.76 bits per heavy atom. The molecule has 25 heavy (non-hydrogen) atoms. The minimum Gasteiger partial charge on any atom is -0.497 e. The lowest BCUT2D eigenvalue weighted by Crippen LogP contribution is -1.99. The molecule has 0 fully saturated rings. The number of nitrogens with zero attached hydrogens (tertiary/aromatic N) is 5. The zero-order chi connectivity index (χ0) is 17.2. The fourth-order valence-corrected chi connectivity index (χ4v) is 2.58. The second-order valence-electron chi connectivity index (χ2n) is 5.41. The molecule has 3 aromatic heterocycles. The summed E-state index contributed by atoms with van der Waals surface area (Å²) < 4.78 is 12.4. The second-order valence-corrected chi connectivity index (χ2v) is 5.41. The molecule has 0 saturated heterocycles. The van der Waals surface area contributed by atoms with Crippen molar-refractivity contribution in [2.75, 3.05) is 7.11 Å². The van der Waals surface area contributed by atoms with Crippen LogP contribution in [0.4, 0.5) is 0 Å². The van der Waals surface area contributed by atoms with Crippen LogP contribution in [0.25, 0.3) is 28.4 Å². The zero-order valence-corrected chi connectivity index (χ0v) is 13.7. The molecule has 0 aliphatic heterocycles. The van der Waals surface area contributed by atoms with Crippen LogP contribution < -0.4 is 4.74 Å². The van der Waals surface area contributed by atoms with Gasteiger partial charge in [-0.25, -0.2) is 4.68 Å². The first kappa shape index (κ1) is 15.1. The molecule has 7 heteroatoms. The molecular formula is C18H15N5O2. The number of ether oxygens (including phenoxy) is 1. The summed E-state index contributed by atoms with van der Waals surface area (Å²) in [4.78, 5) is 8.77. The summed E-state index contributed by atoms with van der Waals surface area (Å²) >= 11 is 0. The van der Waals surface area contributed by atoms with Gasteiger partial charge >= 0.3 is 0 Å². The summed E-state index contributed by atoms with van der Waals surface area (Å²) in [6.45, 7) is 1.79. The number of rotatable bonds is 4. The van der Waals surface area contributed by atoms with Gasteiger partial charge in [-0.1, -0.05) is 5.16 Å². The fraction of sp³-hybridized carbons (Fsp3) is 0.111. The molecule has 1 aromatic carbocycles. The Balaban J connectivity index is 1.85. The first-order valence-electron chi connectivity index (χ1n) is 7.70. The van der Waals surface area contributed by atoms with Crippen molar-refractivity contribution in [3.05, 3.63) is 60.8 Å². The number of hydrogen-bond donors (Lipinski definition) is 0. The van der Waals surface area contributed by atoms with Crippen LogP contribution >= 0.6 is 0 Å². The average molecular weight is 333 g/mol. The van der Waals surface area contributed by atoms with E-state index in [0.29, 0.717) is 11.7 Å². The van der Waals surface area contributed by atoms with Gasteiger partial charge in [-0.15, -0.1) is 0 Å². The van der Waals surface area contributed by atoms with Gasteiger partial charge in [0.05, 0.1) is 18.5 Å². The van der Waals surface area contributed by atoms with E-state index in [1.54, 1.807) is 31.1 Å². The molecule has 3 heterocycles. The number of aryl methyl sites for hydroxylation is 1. The van der Waals surface area contributed by atoms with Gasteiger partial charge in [0.25, 0.3) is 5.89 Å². The first-order valence-corrected chi connectivity index (χ1v) is 7.70. The van der Waals surface area contributed by atoms with Crippen LogP contribution in [-0.4, -0.2) is 32.0 Å². The standard InChI is InChI=1S/C18H15N5O2/c1-12-21-18(25-22-12)13-6-8-19-16(10-13)15-5-4-14(24-2)11-17(15)23-9-3-7-20-23/h3-11H,1-2H3. The molecule has 7 nitrogen and oxygen atoms in total. The van der Waals surface area contributed by atoms with Gasteiger partial charge in [0.15, 0.2) is 5.82 Å². The lowest BCUT2D eigenvalue weighted by atomic mass is 10.1. The minimum atomic E-state index is 0.468. The number of aromatic nitrogens is 5. The maximum Gasteiger partial charge on any atom is 0.258 e. The van der Waals surface area contributed by atoms with Crippen molar-refractivity contribution in [1.29, 1.82) is 0 Å². The molecule has 0 aliphatic rings. The van der Waals surface area contributed by atoms with Crippen molar-refractivity contribution in [3.8, 4) is 34.1 Å². The normalized spacial score (nSPS) is 10.8. The quantitative estimate of drug-likeness (QED) is 0.570. The lowest BCUT2D eigenvalue weighted by molar-refractivity contribution is 0.414. The summed E-state index contributed by atoms with van der Waals surface area (Å²) in [6, 6.07) is 11.4. The van der Waals surface area contributed by atoms with Crippen LogP contribution in [-0.2, 0) is 0 Å². The monoisotopic (exact) mass is 333 g/mol. The number of pyridine rings is 1. The summed E-state index contributed by atoms with van der Waals surface area (Å²) in [6.07, 6.45) is 5.33. The van der Waals surface area contributed by atoms with E-state index >= 15 is 0 Å². The van der Waals surface area contributed by atoms with Crippen LogP contribution in [0.3, 0.4) is 0 Å². The molecule has 0 spiro atoms. The Labute approximate surface area is 143 Å². The Morgan fingerprint density at radius 2 is 2.04 bits per heavy atom. The predicted molar refractivity (Wildman–Crippen MR) is 91.4 cm³/mol. The summed E-state index contributed by atoms with van der Waals surface area (Å²) in [7, 11) is 1.64. The maximum atomic E-state index is 5.34. The Hall–Kier alpha value is -3.48. The fourth-order valence-electron chi connectivity index (χ4n) is 2.58. The molecule has 0 aliphatic carbocycles. The van der Waals surface area contributed by atoms with Crippen molar-refractivity contribution in [2.45, 2.75) is 6.92 Å². The van der Waals surface area contributed by atoms with Crippen molar-refractivity contribution >= 4 is 0 Å². The summed E-state index contributed by atoms with van der Waals surface area (Å²) in [5.74, 6) is 1.81. The Kier molecular flexibility index (Phi) is 3.74. The average Bonchev–Trinajstić information content (AvgIpc) is 3.33. The van der Waals surface area contributed by atoms with Crippen LogP contribution in [0.15, 0.2) is 59.5 Å². The van der Waals surface area contributed by atoms with Crippen LogP contribution in [0.2, 0.25) is 0 Å². The van der Waals surface area contributed by atoms with E-state index in [2.05, 4.69) is 20.2 Å². The second kappa shape index (κ2) is 6.20. The molecule has 0 N–H and O–H groups in total. The molecule has 0 atom stereocenters. The molecule has 4 rings (SSSR count). The highest BCUT2D eigenvalue weighted by Crippen LogP contribution is 2.30. The third-order valence-electron chi connectivity index (χ3n) is 3.77. The molecule has 0 bridgehead atoms. The van der Waals surface area contributed by atoms with Crippen LogP contribution in [0.5, 0.6) is 5.75 Å². The summed E-state index contributed by atoms with van der Waals surface area (Å²) in [5, 5.41) is 8.16. The number of benzene rings is 1. The predicted octanol–water partition coefficient (Wildman–Crippen LogP) is 3.30. The van der Waals surface area contributed by atoms with E-state index < -0.39 is 0 Å². The Morgan fingerprint density at radius 1 is 1.12 bits per heavy atom. The van der Waals surface area contributed by atoms with Gasteiger partial charge in [-0.2, -0.15) is 10.1 Å². The molecule has 124 valence electrons. The Bertz CT molecular complexity index is 1010. The number of hydrogen-bond acceptors (Lipinski definition) is 6. The van der Waals surface area contributed by atoms with E-state index in [1.807, 2.05) is 42.6 Å². The van der Waals surface area contributed by atoms with Crippen LogP contribution in [0.1, 0.15) is 5.82 Å². The van der Waals surface area contributed by atoms with E-state index in [1.165, 1.54) is 0 Å². The summed E-state index contributed by atoms with van der Waals surface area (Å²) in [5.41, 5.74) is 3.38. The highest BCUT2D eigenvalue weighted by Gasteiger charge is 2.13. The van der Waals surface area contributed by atoms with E-state index in [-0.39, 0.29) is 0 Å². The smallest absolute Gasteiger partial charge is 0.258 e. The van der Waals surface area contributed by atoms with E-state index in [9.17, 15) is 0 Å². The third kappa shape index (κ3) is 2.87. The molecule has 4 aromatic rings. The topological polar surface area (TPSA) is 78.9 Å². The maximum absolute atomic E-state index is 5.34. The first-order chi connectivity index (χ1) is 12.2. The van der Waals surface area contributed by atoms with Gasteiger partial charge in [0, 0.05) is 35.8 Å². The van der Waals surface area contributed by atoms with Crippen LogP contribution in [0, 0.1) is 6.92 Å². The lowest BCUT2D eigenvalue weighted by Gasteiger charge is -2.11. The van der Waals surface area contributed by atoms with E-state index in [0.717, 1.165) is 28.3 Å².